The van der Waals surface area contributed by atoms with E-state index in [0.717, 1.165) is 17.8 Å². The van der Waals surface area contributed by atoms with Crippen molar-refractivity contribution in [1.29, 1.82) is 0 Å². The van der Waals surface area contributed by atoms with E-state index in [1.165, 1.54) is 0 Å². The maximum Gasteiger partial charge on any atom is 0.255 e. The largest absolute Gasteiger partial charge is 0.348 e. The van der Waals surface area contributed by atoms with Gasteiger partial charge >= 0.3 is 0 Å². The van der Waals surface area contributed by atoms with E-state index in [-0.39, 0.29) is 18.0 Å². The molecule has 5 nitrogen and oxygen atoms in total. The van der Waals surface area contributed by atoms with Crippen LogP contribution in [0.25, 0.3) is 0 Å². The average molecular weight is 194 g/mol. The van der Waals surface area contributed by atoms with Crippen molar-refractivity contribution in [2.24, 2.45) is 5.73 Å². The van der Waals surface area contributed by atoms with E-state index in [1.807, 2.05) is 13.8 Å². The predicted octanol–water partition coefficient (Wildman–Crippen LogP) is -0.144. The third kappa shape index (κ3) is 1.50. The van der Waals surface area contributed by atoms with E-state index in [2.05, 4.69) is 15.5 Å². The van der Waals surface area contributed by atoms with Crippen LogP contribution in [0, 0.1) is 13.8 Å². The molecule has 1 aromatic rings. The van der Waals surface area contributed by atoms with Crippen molar-refractivity contribution in [2.75, 3.05) is 0 Å². The van der Waals surface area contributed by atoms with E-state index in [1.54, 1.807) is 0 Å². The Balaban J connectivity index is 2.10. The first-order chi connectivity index (χ1) is 6.59. The number of rotatable bonds is 2. The van der Waals surface area contributed by atoms with Crippen LogP contribution in [0.15, 0.2) is 0 Å². The van der Waals surface area contributed by atoms with Crippen LogP contribution in [0.1, 0.15) is 28.2 Å². The van der Waals surface area contributed by atoms with Gasteiger partial charge in [0, 0.05) is 17.8 Å². The van der Waals surface area contributed by atoms with Crippen LogP contribution in [-0.2, 0) is 0 Å². The van der Waals surface area contributed by atoms with Gasteiger partial charge in [-0.25, -0.2) is 0 Å². The fourth-order valence-corrected chi connectivity index (χ4v) is 1.51. The molecule has 0 aliphatic heterocycles. The molecule has 4 N–H and O–H groups in total. The number of hydrogen-bond acceptors (Lipinski definition) is 3. The van der Waals surface area contributed by atoms with Crippen LogP contribution in [-0.4, -0.2) is 28.2 Å². The zero-order chi connectivity index (χ0) is 10.3. The molecule has 1 aromatic heterocycles. The monoisotopic (exact) mass is 194 g/mol. The second-order valence-corrected chi connectivity index (χ2v) is 3.79. The number of aromatic amines is 1. The van der Waals surface area contributed by atoms with Crippen molar-refractivity contribution < 1.29 is 4.79 Å². The quantitative estimate of drug-likeness (QED) is 0.612. The van der Waals surface area contributed by atoms with Gasteiger partial charge in [0.05, 0.1) is 11.3 Å². The van der Waals surface area contributed by atoms with Gasteiger partial charge < -0.3 is 11.1 Å². The van der Waals surface area contributed by atoms with Crippen molar-refractivity contribution >= 4 is 5.91 Å². The first-order valence-corrected chi connectivity index (χ1v) is 4.67. The summed E-state index contributed by atoms with van der Waals surface area (Å²) in [6, 6.07) is 0.280. The lowest BCUT2D eigenvalue weighted by molar-refractivity contribution is 0.0949. The van der Waals surface area contributed by atoms with Crippen LogP contribution in [0.2, 0.25) is 0 Å². The number of amides is 1. The third-order valence-corrected chi connectivity index (χ3v) is 2.51. The van der Waals surface area contributed by atoms with Gasteiger partial charge in [0.25, 0.3) is 5.91 Å². The minimum Gasteiger partial charge on any atom is -0.348 e. The number of carbonyl (C=O) groups is 1. The first kappa shape index (κ1) is 9.21. The van der Waals surface area contributed by atoms with Gasteiger partial charge in [-0.05, 0) is 20.3 Å². The smallest absolute Gasteiger partial charge is 0.255 e. The summed E-state index contributed by atoms with van der Waals surface area (Å²) >= 11 is 0. The van der Waals surface area contributed by atoms with E-state index in [9.17, 15) is 4.79 Å². The van der Waals surface area contributed by atoms with Crippen LogP contribution in [0.5, 0.6) is 0 Å². The van der Waals surface area contributed by atoms with Crippen LogP contribution in [0.4, 0.5) is 0 Å². The molecule has 1 saturated carbocycles. The van der Waals surface area contributed by atoms with Gasteiger partial charge in [-0.2, -0.15) is 5.10 Å². The lowest BCUT2D eigenvalue weighted by Crippen LogP contribution is -2.30. The zero-order valence-electron chi connectivity index (χ0n) is 8.29. The van der Waals surface area contributed by atoms with Crippen molar-refractivity contribution in [3.8, 4) is 0 Å². The molecule has 2 unspecified atom stereocenters. The van der Waals surface area contributed by atoms with E-state index < -0.39 is 0 Å². The fourth-order valence-electron chi connectivity index (χ4n) is 1.51. The molecule has 1 fully saturated rings. The second-order valence-electron chi connectivity index (χ2n) is 3.79. The summed E-state index contributed by atoms with van der Waals surface area (Å²) in [7, 11) is 0. The summed E-state index contributed by atoms with van der Waals surface area (Å²) in [5.41, 5.74) is 7.78. The maximum absolute atomic E-state index is 11.7. The minimum absolute atomic E-state index is 0.0771. The van der Waals surface area contributed by atoms with Gasteiger partial charge in [0.15, 0.2) is 0 Å². The Labute approximate surface area is 82.1 Å². The molecule has 0 saturated heterocycles. The van der Waals surface area contributed by atoms with Gasteiger partial charge in [0.2, 0.25) is 0 Å². The van der Waals surface area contributed by atoms with E-state index >= 15 is 0 Å². The van der Waals surface area contributed by atoms with Gasteiger partial charge in [0.1, 0.15) is 0 Å². The Kier molecular flexibility index (Phi) is 2.03. The van der Waals surface area contributed by atoms with Gasteiger partial charge in [-0.1, -0.05) is 0 Å². The molecule has 0 spiro atoms. The average Bonchev–Trinajstić information content (AvgIpc) is 2.67. The molecular weight excluding hydrogens is 180 g/mol. The highest BCUT2D eigenvalue weighted by Crippen LogP contribution is 2.19. The predicted molar refractivity (Wildman–Crippen MR) is 51.9 cm³/mol. The summed E-state index contributed by atoms with van der Waals surface area (Å²) in [5, 5.41) is 9.61. The molecule has 0 aromatic carbocycles. The SMILES string of the molecule is Cc1n[nH]c(C)c1C(=O)NC1CC1N. The van der Waals surface area contributed by atoms with E-state index in [4.69, 9.17) is 5.73 Å². The maximum atomic E-state index is 11.7. The first-order valence-electron chi connectivity index (χ1n) is 4.67. The molecule has 1 aliphatic rings. The number of nitrogens with zero attached hydrogens (tertiary/aromatic N) is 1. The molecule has 0 radical (unpaired) electrons. The summed E-state index contributed by atoms with van der Waals surface area (Å²) in [6.45, 7) is 3.65. The van der Waals surface area contributed by atoms with Crippen molar-refractivity contribution in [3.05, 3.63) is 17.0 Å². The lowest BCUT2D eigenvalue weighted by Gasteiger charge is -2.02. The standard InChI is InChI=1S/C9H14N4O/c1-4-8(5(2)13-12-4)9(14)11-7-3-6(7)10/h6-7H,3,10H2,1-2H3,(H,11,14)(H,12,13). The molecule has 76 valence electrons. The summed E-state index contributed by atoms with van der Waals surface area (Å²) in [5.74, 6) is -0.0771. The third-order valence-electron chi connectivity index (χ3n) is 2.51. The highest BCUT2D eigenvalue weighted by atomic mass is 16.1. The molecule has 1 aliphatic carbocycles. The lowest BCUT2D eigenvalue weighted by atomic mass is 10.2. The number of nitrogens with two attached hydrogens (primary N) is 1. The molecule has 14 heavy (non-hydrogen) atoms. The Morgan fingerprint density at radius 1 is 1.64 bits per heavy atom. The Morgan fingerprint density at radius 2 is 2.29 bits per heavy atom. The van der Waals surface area contributed by atoms with Crippen molar-refractivity contribution in [2.45, 2.75) is 32.4 Å². The molecular formula is C9H14N4O. The van der Waals surface area contributed by atoms with Crippen LogP contribution < -0.4 is 11.1 Å². The normalized spacial score (nSPS) is 24.8. The molecule has 2 atom stereocenters. The number of aromatic nitrogens is 2. The molecule has 2 rings (SSSR count). The van der Waals surface area contributed by atoms with Gasteiger partial charge in [-0.15, -0.1) is 0 Å². The Morgan fingerprint density at radius 3 is 2.71 bits per heavy atom. The second kappa shape index (κ2) is 3.09. The molecule has 0 bridgehead atoms. The van der Waals surface area contributed by atoms with E-state index in [0.29, 0.717) is 5.56 Å². The summed E-state index contributed by atoms with van der Waals surface area (Å²) in [6.07, 6.45) is 0.877. The number of nitrogens with one attached hydrogen (secondary N) is 2. The van der Waals surface area contributed by atoms with Crippen molar-refractivity contribution in [3.63, 3.8) is 0 Å². The highest BCUT2D eigenvalue weighted by Gasteiger charge is 2.35. The van der Waals surface area contributed by atoms with Gasteiger partial charge in [-0.3, -0.25) is 9.89 Å². The summed E-state index contributed by atoms with van der Waals surface area (Å²) < 4.78 is 0. The number of aryl methyl sites for hydroxylation is 2. The Bertz CT molecular complexity index is 351. The van der Waals surface area contributed by atoms with Crippen molar-refractivity contribution in [1.82, 2.24) is 15.5 Å². The summed E-state index contributed by atoms with van der Waals surface area (Å²) in [4.78, 5) is 11.7. The molecule has 1 heterocycles. The number of hydrogen-bond donors (Lipinski definition) is 3. The Hall–Kier alpha value is -1.36. The highest BCUT2D eigenvalue weighted by molar-refractivity contribution is 5.96. The fraction of sp³-hybridized carbons (Fsp3) is 0.556. The number of H-pyrrole nitrogens is 1. The number of carbonyl (C=O) groups excluding carboxylic acids is 1. The van der Waals surface area contributed by atoms with Crippen LogP contribution >= 0.6 is 0 Å². The topological polar surface area (TPSA) is 83.8 Å². The minimum atomic E-state index is -0.0771. The zero-order valence-corrected chi connectivity index (χ0v) is 8.29. The molecule has 1 amide bonds. The molecule has 5 heteroatoms. The van der Waals surface area contributed by atoms with Crippen LogP contribution in [0.3, 0.4) is 0 Å².